The van der Waals surface area contributed by atoms with Gasteiger partial charge in [-0.05, 0) is 32.4 Å². The number of rotatable bonds is 8. The topological polar surface area (TPSA) is 66.8 Å². The first kappa shape index (κ1) is 19.0. The minimum absolute atomic E-state index is 0.0329. The third-order valence-electron chi connectivity index (χ3n) is 4.36. The molecule has 0 heterocycles. The van der Waals surface area contributed by atoms with Crippen LogP contribution in [0.25, 0.3) is 0 Å². The van der Waals surface area contributed by atoms with Crippen LogP contribution < -0.4 is 4.74 Å². The first-order valence-electron chi connectivity index (χ1n) is 8.00. The molecular formula is C18H27NO4. The Kier molecular flexibility index (Phi) is 7.07. The van der Waals surface area contributed by atoms with Gasteiger partial charge in [0.05, 0.1) is 12.2 Å². The van der Waals surface area contributed by atoms with Crippen LogP contribution in [0, 0.1) is 11.8 Å². The predicted octanol–water partition coefficient (Wildman–Crippen LogP) is 3.11. The third-order valence-corrected chi connectivity index (χ3v) is 4.36. The fourth-order valence-electron chi connectivity index (χ4n) is 2.37. The molecule has 128 valence electrons. The molecule has 23 heavy (non-hydrogen) atoms. The van der Waals surface area contributed by atoms with E-state index >= 15 is 0 Å². The van der Waals surface area contributed by atoms with Crippen molar-refractivity contribution in [2.24, 2.45) is 11.8 Å². The zero-order valence-electron chi connectivity index (χ0n) is 14.6. The molecule has 1 aromatic carbocycles. The van der Waals surface area contributed by atoms with Gasteiger partial charge in [0, 0.05) is 24.9 Å². The molecule has 5 heteroatoms. The van der Waals surface area contributed by atoms with Crippen LogP contribution in [0.3, 0.4) is 0 Å². The highest BCUT2D eigenvalue weighted by atomic mass is 16.5. The van der Waals surface area contributed by atoms with Crippen LogP contribution in [0.2, 0.25) is 0 Å². The summed E-state index contributed by atoms with van der Waals surface area (Å²) in [6.07, 6.45) is 1.36. The second kappa shape index (κ2) is 8.56. The Morgan fingerprint density at radius 1 is 1.35 bits per heavy atom. The first-order chi connectivity index (χ1) is 10.8. The van der Waals surface area contributed by atoms with Crippen molar-refractivity contribution in [2.75, 3.05) is 13.7 Å². The summed E-state index contributed by atoms with van der Waals surface area (Å²) >= 11 is 0. The van der Waals surface area contributed by atoms with Crippen LogP contribution in [0.5, 0.6) is 11.5 Å². The molecule has 0 aliphatic heterocycles. The Labute approximate surface area is 138 Å². The number of ether oxygens (including phenoxy) is 1. The second-order valence-electron chi connectivity index (χ2n) is 6.12. The van der Waals surface area contributed by atoms with Crippen molar-refractivity contribution in [3.63, 3.8) is 0 Å². The Bertz CT molecular complexity index is 542. The van der Waals surface area contributed by atoms with Crippen LogP contribution in [0.15, 0.2) is 18.2 Å². The number of carbonyl (C=O) groups excluding carboxylic acids is 2. The summed E-state index contributed by atoms with van der Waals surface area (Å²) in [6, 6.07) is 4.86. The number of hydrogen-bond acceptors (Lipinski definition) is 4. The molecule has 0 spiro atoms. The zero-order valence-corrected chi connectivity index (χ0v) is 14.6. The summed E-state index contributed by atoms with van der Waals surface area (Å²) in [7, 11) is 1.80. The average molecular weight is 321 g/mol. The van der Waals surface area contributed by atoms with Gasteiger partial charge in [-0.3, -0.25) is 9.59 Å². The number of carbonyl (C=O) groups is 2. The van der Waals surface area contributed by atoms with E-state index in [1.807, 2.05) is 27.7 Å². The Hall–Kier alpha value is -2.04. The number of aromatic hydroxyl groups is 1. The van der Waals surface area contributed by atoms with Gasteiger partial charge in [-0.2, -0.15) is 0 Å². The Morgan fingerprint density at radius 3 is 2.52 bits per heavy atom. The van der Waals surface area contributed by atoms with Crippen molar-refractivity contribution < 1.29 is 19.4 Å². The molecule has 1 rings (SSSR count). The van der Waals surface area contributed by atoms with Gasteiger partial charge in [-0.15, -0.1) is 0 Å². The van der Waals surface area contributed by atoms with Crippen LogP contribution in [-0.2, 0) is 4.79 Å². The van der Waals surface area contributed by atoms with Gasteiger partial charge < -0.3 is 14.7 Å². The van der Waals surface area contributed by atoms with Gasteiger partial charge in [-0.25, -0.2) is 0 Å². The van der Waals surface area contributed by atoms with E-state index < -0.39 is 0 Å². The van der Waals surface area contributed by atoms with E-state index in [1.54, 1.807) is 24.1 Å². The lowest BCUT2D eigenvalue weighted by Crippen LogP contribution is -2.40. The highest BCUT2D eigenvalue weighted by Gasteiger charge is 2.27. The van der Waals surface area contributed by atoms with Crippen LogP contribution >= 0.6 is 0 Å². The molecule has 0 saturated heterocycles. The SMILES string of the molecule is CCC(COc1cccc(O)c1C=O)C(C)C(=O)N(C)C(C)C. The van der Waals surface area contributed by atoms with Crippen LogP contribution in [-0.4, -0.2) is 41.9 Å². The number of nitrogens with zero attached hydrogens (tertiary/aromatic N) is 1. The van der Waals surface area contributed by atoms with Gasteiger partial charge in [0.1, 0.15) is 11.5 Å². The number of amides is 1. The van der Waals surface area contributed by atoms with Crippen molar-refractivity contribution in [2.45, 2.75) is 40.2 Å². The third kappa shape index (κ3) is 4.71. The fourth-order valence-corrected chi connectivity index (χ4v) is 2.37. The van der Waals surface area contributed by atoms with Crippen LogP contribution in [0.1, 0.15) is 44.5 Å². The van der Waals surface area contributed by atoms with Gasteiger partial charge >= 0.3 is 0 Å². The maximum Gasteiger partial charge on any atom is 0.225 e. The lowest BCUT2D eigenvalue weighted by molar-refractivity contribution is -0.137. The smallest absolute Gasteiger partial charge is 0.225 e. The molecule has 2 atom stereocenters. The minimum atomic E-state index is -0.176. The van der Waals surface area contributed by atoms with Gasteiger partial charge in [0.2, 0.25) is 5.91 Å². The van der Waals surface area contributed by atoms with Crippen molar-refractivity contribution >= 4 is 12.2 Å². The first-order valence-corrected chi connectivity index (χ1v) is 8.00. The molecule has 0 radical (unpaired) electrons. The summed E-state index contributed by atoms with van der Waals surface area (Å²) in [5.41, 5.74) is 0.139. The van der Waals surface area contributed by atoms with Crippen molar-refractivity contribution in [1.82, 2.24) is 4.90 Å². The van der Waals surface area contributed by atoms with E-state index in [4.69, 9.17) is 4.74 Å². The number of benzene rings is 1. The van der Waals surface area contributed by atoms with Crippen molar-refractivity contribution in [3.05, 3.63) is 23.8 Å². The molecule has 1 amide bonds. The summed E-state index contributed by atoms with van der Waals surface area (Å²) in [4.78, 5) is 25.3. The second-order valence-corrected chi connectivity index (χ2v) is 6.12. The molecular weight excluding hydrogens is 294 g/mol. The molecule has 2 unspecified atom stereocenters. The highest BCUT2D eigenvalue weighted by Crippen LogP contribution is 2.27. The normalized spacial score (nSPS) is 13.5. The fraction of sp³-hybridized carbons (Fsp3) is 0.556. The molecule has 1 N–H and O–H groups in total. The quantitative estimate of drug-likeness (QED) is 0.747. The maximum atomic E-state index is 12.4. The van der Waals surface area contributed by atoms with E-state index in [0.29, 0.717) is 18.6 Å². The summed E-state index contributed by atoms with van der Waals surface area (Å²) in [5, 5.41) is 9.67. The Morgan fingerprint density at radius 2 is 2.00 bits per heavy atom. The zero-order chi connectivity index (χ0) is 17.6. The lowest BCUT2D eigenvalue weighted by atomic mass is 9.91. The number of phenolic OH excluding ortho intramolecular Hbond substituents is 1. The van der Waals surface area contributed by atoms with Gasteiger partial charge in [0.25, 0.3) is 0 Å². The summed E-state index contributed by atoms with van der Waals surface area (Å²) in [5.74, 6) is 0.182. The number of aldehydes is 1. The van der Waals surface area contributed by atoms with E-state index in [0.717, 1.165) is 6.42 Å². The number of phenols is 1. The van der Waals surface area contributed by atoms with E-state index in [9.17, 15) is 14.7 Å². The Balaban J connectivity index is 2.79. The average Bonchev–Trinajstić information content (AvgIpc) is 2.53. The van der Waals surface area contributed by atoms with Gasteiger partial charge in [0.15, 0.2) is 6.29 Å². The molecule has 0 aromatic heterocycles. The van der Waals surface area contributed by atoms with E-state index in [1.165, 1.54) is 6.07 Å². The lowest BCUT2D eigenvalue weighted by Gasteiger charge is -2.29. The molecule has 0 bridgehead atoms. The summed E-state index contributed by atoms with van der Waals surface area (Å²) in [6.45, 7) is 8.19. The van der Waals surface area contributed by atoms with Crippen LogP contribution in [0.4, 0.5) is 0 Å². The summed E-state index contributed by atoms with van der Waals surface area (Å²) < 4.78 is 5.71. The number of hydrogen-bond donors (Lipinski definition) is 1. The highest BCUT2D eigenvalue weighted by molar-refractivity contribution is 5.83. The minimum Gasteiger partial charge on any atom is -0.507 e. The monoisotopic (exact) mass is 321 g/mol. The van der Waals surface area contributed by atoms with Gasteiger partial charge in [-0.1, -0.05) is 19.9 Å². The van der Waals surface area contributed by atoms with E-state index in [2.05, 4.69) is 0 Å². The molecule has 0 saturated carbocycles. The standard InChI is InChI=1S/C18H27NO4/c1-6-14(13(4)18(22)19(5)12(2)3)11-23-17-9-7-8-16(21)15(17)10-20/h7-10,12-14,21H,6,11H2,1-5H3. The van der Waals surface area contributed by atoms with Crippen molar-refractivity contribution in [1.29, 1.82) is 0 Å². The largest absolute Gasteiger partial charge is 0.507 e. The molecule has 0 aliphatic carbocycles. The molecule has 5 nitrogen and oxygen atoms in total. The predicted molar refractivity (Wildman–Crippen MR) is 89.8 cm³/mol. The molecule has 1 aromatic rings. The van der Waals surface area contributed by atoms with Crippen molar-refractivity contribution in [3.8, 4) is 11.5 Å². The maximum absolute atomic E-state index is 12.4. The van der Waals surface area contributed by atoms with E-state index in [-0.39, 0.29) is 35.1 Å². The molecule has 0 fully saturated rings. The molecule has 0 aliphatic rings.